The van der Waals surface area contributed by atoms with Crippen molar-refractivity contribution >= 4 is 35.6 Å². The Morgan fingerprint density at radius 1 is 0.833 bits per heavy atom. The first-order valence-electron chi connectivity index (χ1n) is 16.0. The van der Waals surface area contributed by atoms with E-state index in [9.17, 15) is 0 Å². The molecule has 48 heavy (non-hydrogen) atoms. The van der Waals surface area contributed by atoms with Gasteiger partial charge in [0.2, 0.25) is 0 Å². The van der Waals surface area contributed by atoms with Gasteiger partial charge in [-0.2, -0.15) is 0 Å². The second-order valence-corrected chi connectivity index (χ2v) is 11.7. The van der Waals surface area contributed by atoms with Gasteiger partial charge in [0.1, 0.15) is 17.2 Å². The standard InChI is InChI=1S/C38H43N3O5.2ClH/c1-42-35-11-6-4-9-31(35)26-44-18-7-19-45-33-14-12-29(13-15-33)38-32(24-41-17-16-39-27-41)22-40-23-37(38)46-25-28-20-30-8-3-5-10-34(30)36(21-28)43-2;;/h3-6,8-17,20-21,27,32,37-38,40H,7,18-19,22-26H2,1-2H3;2*1H/t32?,37-,38?;;/m0../s1. The molecule has 10 heteroatoms. The Kier molecular flexibility index (Phi) is 14.4. The van der Waals surface area contributed by atoms with Gasteiger partial charge in [0.15, 0.2) is 0 Å². The quantitative estimate of drug-likeness (QED) is 0.114. The molecule has 0 radical (unpaired) electrons. The van der Waals surface area contributed by atoms with Crippen molar-refractivity contribution in [2.45, 2.75) is 38.2 Å². The predicted octanol–water partition coefficient (Wildman–Crippen LogP) is 7.47. The van der Waals surface area contributed by atoms with E-state index in [4.69, 9.17) is 23.7 Å². The summed E-state index contributed by atoms with van der Waals surface area (Å²) in [5, 5.41) is 5.89. The molecular formula is C38H45Cl2N3O5. The van der Waals surface area contributed by atoms with Crippen LogP contribution in [0, 0.1) is 5.92 Å². The van der Waals surface area contributed by atoms with Crippen LogP contribution >= 0.6 is 24.8 Å². The molecule has 1 N–H and O–H groups in total. The zero-order valence-corrected chi connectivity index (χ0v) is 29.1. The van der Waals surface area contributed by atoms with Crippen LogP contribution in [0.25, 0.3) is 10.8 Å². The average Bonchev–Trinajstić information content (AvgIpc) is 3.62. The summed E-state index contributed by atoms with van der Waals surface area (Å²) in [6.45, 7) is 4.76. The number of halogens is 2. The molecule has 0 amide bonds. The SMILES string of the molecule is COc1ccccc1COCCCOc1ccc(C2C(Cn3ccnc3)CNC[C@@H]2OCc2cc(OC)c3ccccc3c2)cc1.Cl.Cl. The number of nitrogens with one attached hydrogen (secondary N) is 1. The topological polar surface area (TPSA) is 76.0 Å². The van der Waals surface area contributed by atoms with Crippen LogP contribution < -0.4 is 19.5 Å². The van der Waals surface area contributed by atoms with Gasteiger partial charge in [-0.1, -0.05) is 54.6 Å². The number of para-hydroxylation sites is 1. The maximum Gasteiger partial charge on any atom is 0.127 e. The molecule has 1 aromatic heterocycles. The lowest BCUT2D eigenvalue weighted by Crippen LogP contribution is -2.48. The lowest BCUT2D eigenvalue weighted by molar-refractivity contribution is -0.00860. The summed E-state index contributed by atoms with van der Waals surface area (Å²) >= 11 is 0. The number of methoxy groups -OCH3 is 2. The van der Waals surface area contributed by atoms with E-state index in [1.165, 1.54) is 5.56 Å². The van der Waals surface area contributed by atoms with Crippen molar-refractivity contribution in [2.24, 2.45) is 5.92 Å². The summed E-state index contributed by atoms with van der Waals surface area (Å²) in [5.41, 5.74) is 3.40. The summed E-state index contributed by atoms with van der Waals surface area (Å²) in [6.07, 6.45) is 6.54. The van der Waals surface area contributed by atoms with Crippen LogP contribution in [0.4, 0.5) is 0 Å². The largest absolute Gasteiger partial charge is 0.496 e. The smallest absolute Gasteiger partial charge is 0.127 e. The Morgan fingerprint density at radius 3 is 2.42 bits per heavy atom. The van der Waals surface area contributed by atoms with Gasteiger partial charge < -0.3 is 33.6 Å². The van der Waals surface area contributed by atoms with Crippen LogP contribution in [-0.2, 0) is 29.2 Å². The van der Waals surface area contributed by atoms with Gasteiger partial charge in [0.05, 0.1) is 53.1 Å². The fraction of sp³-hybridized carbons (Fsp3) is 0.342. The van der Waals surface area contributed by atoms with Gasteiger partial charge in [-0.15, -0.1) is 24.8 Å². The fourth-order valence-corrected chi connectivity index (χ4v) is 6.39. The number of hydrogen-bond donors (Lipinski definition) is 1. The van der Waals surface area contributed by atoms with Gasteiger partial charge in [-0.05, 0) is 52.8 Å². The van der Waals surface area contributed by atoms with E-state index in [1.54, 1.807) is 14.2 Å². The first-order chi connectivity index (χ1) is 22.7. The molecule has 0 saturated carbocycles. The number of nitrogens with zero attached hydrogens (tertiary/aromatic N) is 2. The zero-order chi connectivity index (χ0) is 31.6. The number of piperidine rings is 1. The number of aromatic nitrogens is 2. The highest BCUT2D eigenvalue weighted by Crippen LogP contribution is 2.36. The van der Waals surface area contributed by atoms with E-state index in [2.05, 4.69) is 69.5 Å². The molecule has 0 aliphatic carbocycles. The Hall–Kier alpha value is -3.79. The molecule has 0 spiro atoms. The maximum absolute atomic E-state index is 6.72. The minimum Gasteiger partial charge on any atom is -0.496 e. The lowest BCUT2D eigenvalue weighted by Gasteiger charge is -2.39. The molecule has 5 aromatic rings. The maximum atomic E-state index is 6.72. The molecule has 0 bridgehead atoms. The van der Waals surface area contributed by atoms with Gasteiger partial charge in [0, 0.05) is 55.3 Å². The highest BCUT2D eigenvalue weighted by atomic mass is 35.5. The molecule has 2 unspecified atom stereocenters. The molecule has 1 aliphatic rings. The minimum atomic E-state index is -0.00751. The molecule has 4 aromatic carbocycles. The normalized spacial score (nSPS) is 17.2. The Bertz CT molecular complexity index is 1670. The van der Waals surface area contributed by atoms with E-state index >= 15 is 0 Å². The van der Waals surface area contributed by atoms with Gasteiger partial charge in [-0.3, -0.25) is 0 Å². The number of benzene rings is 4. The van der Waals surface area contributed by atoms with Crippen LogP contribution in [0.3, 0.4) is 0 Å². The van der Waals surface area contributed by atoms with E-state index in [0.717, 1.165) is 65.2 Å². The first kappa shape index (κ1) is 37.0. The molecule has 1 aliphatic heterocycles. The molecule has 1 fully saturated rings. The van der Waals surface area contributed by atoms with Crippen molar-refractivity contribution in [3.63, 3.8) is 0 Å². The second kappa shape index (κ2) is 18.7. The predicted molar refractivity (Wildman–Crippen MR) is 194 cm³/mol. The van der Waals surface area contributed by atoms with Crippen molar-refractivity contribution in [1.29, 1.82) is 0 Å². The van der Waals surface area contributed by atoms with Crippen LogP contribution in [-0.4, -0.2) is 56.2 Å². The number of rotatable bonds is 15. The molecule has 1 saturated heterocycles. The van der Waals surface area contributed by atoms with Gasteiger partial charge >= 0.3 is 0 Å². The number of imidazole rings is 1. The van der Waals surface area contributed by atoms with Crippen molar-refractivity contribution < 1.29 is 23.7 Å². The second-order valence-electron chi connectivity index (χ2n) is 11.7. The Labute approximate surface area is 295 Å². The number of ether oxygens (including phenoxy) is 5. The van der Waals surface area contributed by atoms with Crippen molar-refractivity contribution in [2.75, 3.05) is 40.5 Å². The van der Waals surface area contributed by atoms with Crippen LogP contribution in [0.5, 0.6) is 17.2 Å². The lowest BCUT2D eigenvalue weighted by atomic mass is 9.79. The van der Waals surface area contributed by atoms with Crippen LogP contribution in [0.2, 0.25) is 0 Å². The summed E-state index contributed by atoms with van der Waals surface area (Å²) in [6, 6.07) is 29.1. The summed E-state index contributed by atoms with van der Waals surface area (Å²) in [7, 11) is 3.40. The van der Waals surface area contributed by atoms with E-state index < -0.39 is 0 Å². The molecule has 6 rings (SSSR count). The van der Waals surface area contributed by atoms with Crippen LogP contribution in [0.1, 0.15) is 29.0 Å². The molecule has 3 atom stereocenters. The summed E-state index contributed by atoms with van der Waals surface area (Å²) < 4.78 is 31.9. The third-order valence-corrected chi connectivity index (χ3v) is 8.65. The van der Waals surface area contributed by atoms with E-state index in [0.29, 0.717) is 32.3 Å². The molecule has 8 nitrogen and oxygen atoms in total. The molecular weight excluding hydrogens is 649 g/mol. The van der Waals surface area contributed by atoms with Gasteiger partial charge in [0.25, 0.3) is 0 Å². The summed E-state index contributed by atoms with van der Waals surface area (Å²) in [4.78, 5) is 4.27. The monoisotopic (exact) mass is 693 g/mol. The third kappa shape index (κ3) is 9.43. The molecule has 2 heterocycles. The average molecular weight is 695 g/mol. The fourth-order valence-electron chi connectivity index (χ4n) is 6.39. The zero-order valence-electron chi connectivity index (χ0n) is 27.5. The van der Waals surface area contributed by atoms with Crippen molar-refractivity contribution in [3.8, 4) is 17.2 Å². The van der Waals surface area contributed by atoms with Crippen molar-refractivity contribution in [1.82, 2.24) is 14.9 Å². The highest BCUT2D eigenvalue weighted by Gasteiger charge is 2.35. The Morgan fingerprint density at radius 2 is 1.62 bits per heavy atom. The highest BCUT2D eigenvalue weighted by molar-refractivity contribution is 5.89. The first-order valence-corrected chi connectivity index (χ1v) is 16.0. The third-order valence-electron chi connectivity index (χ3n) is 8.65. The van der Waals surface area contributed by atoms with Crippen molar-refractivity contribution in [3.05, 3.63) is 120 Å². The number of fused-ring (bicyclic) bond motifs is 1. The van der Waals surface area contributed by atoms with Crippen LogP contribution in [0.15, 0.2) is 104 Å². The number of hydrogen-bond acceptors (Lipinski definition) is 7. The van der Waals surface area contributed by atoms with E-state index in [1.807, 2.05) is 49.1 Å². The van der Waals surface area contributed by atoms with E-state index in [-0.39, 0.29) is 36.8 Å². The molecule has 256 valence electrons. The van der Waals surface area contributed by atoms with Gasteiger partial charge in [-0.25, -0.2) is 4.98 Å². The minimum absolute atomic E-state index is 0. The summed E-state index contributed by atoms with van der Waals surface area (Å²) in [5.74, 6) is 3.09. The Balaban J connectivity index is 0.00000260.